The lowest BCUT2D eigenvalue weighted by Gasteiger charge is -2.52. The van der Waals surface area contributed by atoms with Gasteiger partial charge < -0.3 is 45.6 Å². The molecule has 2 aliphatic rings. The molecule has 0 radical (unpaired) electrons. The molecule has 1 aromatic rings. The molecule has 1 spiro atoms. The Morgan fingerprint density at radius 2 is 1.82 bits per heavy atom. The number of likely N-dealkylation sites (tertiary alicyclic amines) is 1. The third-order valence-corrected chi connectivity index (χ3v) is 7.76. The molecule has 2 fully saturated rings. The molecule has 4 atom stereocenters. The predicted octanol–water partition coefficient (Wildman–Crippen LogP) is -0.270. The van der Waals surface area contributed by atoms with Gasteiger partial charge in [-0.15, -0.1) is 0 Å². The molecule has 6 N–H and O–H groups in total. The van der Waals surface area contributed by atoms with Crippen LogP contribution < -0.4 is 10.6 Å². The smallest absolute Gasteiger partial charge is 0.407 e. The second-order valence-corrected chi connectivity index (χ2v) is 10.6. The summed E-state index contributed by atoms with van der Waals surface area (Å²) in [4.78, 5) is 42.4. The number of carbonyl (C=O) groups is 3. The van der Waals surface area contributed by atoms with Gasteiger partial charge in [-0.25, -0.2) is 4.79 Å². The van der Waals surface area contributed by atoms with E-state index >= 15 is 0 Å². The van der Waals surface area contributed by atoms with Crippen molar-refractivity contribution in [3.05, 3.63) is 35.9 Å². The summed E-state index contributed by atoms with van der Waals surface area (Å²) in [6.07, 6.45) is -1.46. The van der Waals surface area contributed by atoms with Crippen molar-refractivity contribution in [3.8, 4) is 0 Å². The number of aliphatic hydroxyl groups is 4. The maximum atomic E-state index is 13.5. The average molecular weight is 565 g/mol. The number of carbonyl (C=O) groups excluding carboxylic acids is 3. The van der Waals surface area contributed by atoms with Gasteiger partial charge in [0.25, 0.3) is 0 Å². The van der Waals surface area contributed by atoms with Crippen LogP contribution >= 0.6 is 0 Å². The van der Waals surface area contributed by atoms with Crippen LogP contribution in [0.15, 0.2) is 30.3 Å². The van der Waals surface area contributed by atoms with Crippen molar-refractivity contribution in [2.75, 3.05) is 39.3 Å². The van der Waals surface area contributed by atoms with E-state index in [1.807, 2.05) is 42.2 Å². The van der Waals surface area contributed by atoms with Crippen LogP contribution in [-0.4, -0.2) is 117 Å². The molecule has 0 unspecified atom stereocenters. The van der Waals surface area contributed by atoms with Crippen molar-refractivity contribution < 1.29 is 39.5 Å². The van der Waals surface area contributed by atoms with E-state index < -0.39 is 42.6 Å². The number of ether oxygens (including phenoxy) is 1. The summed E-state index contributed by atoms with van der Waals surface area (Å²) in [7, 11) is 0. The van der Waals surface area contributed by atoms with E-state index in [1.54, 1.807) is 4.90 Å². The molecule has 2 aliphatic heterocycles. The van der Waals surface area contributed by atoms with Gasteiger partial charge in [-0.2, -0.15) is 0 Å². The van der Waals surface area contributed by atoms with E-state index in [9.17, 15) is 29.7 Å². The molecule has 224 valence electrons. The number of nitrogens with zero attached hydrogens (tertiary/aromatic N) is 2. The zero-order valence-corrected chi connectivity index (χ0v) is 23.2. The molecule has 1 aromatic carbocycles. The summed E-state index contributed by atoms with van der Waals surface area (Å²) in [5.41, 5.74) is -0.0585. The fourth-order valence-corrected chi connectivity index (χ4v) is 5.40. The van der Waals surface area contributed by atoms with Crippen LogP contribution in [0, 0.1) is 0 Å². The van der Waals surface area contributed by atoms with Crippen molar-refractivity contribution in [1.29, 1.82) is 0 Å². The summed E-state index contributed by atoms with van der Waals surface area (Å²) in [6, 6.07) is 8.77. The number of rotatable bonds is 14. The average Bonchev–Trinajstić information content (AvgIpc) is 2.97. The number of piperazine rings is 1. The highest BCUT2D eigenvalue weighted by Gasteiger charge is 2.53. The molecule has 0 aliphatic carbocycles. The number of aliphatic hydroxyl groups excluding tert-OH is 4. The monoisotopic (exact) mass is 564 g/mol. The molecule has 0 bridgehead atoms. The lowest BCUT2D eigenvalue weighted by Crippen LogP contribution is -2.73. The number of alkyl carbamates (subject to hydrolysis) is 1. The van der Waals surface area contributed by atoms with Gasteiger partial charge in [0, 0.05) is 32.7 Å². The second kappa shape index (κ2) is 15.3. The van der Waals surface area contributed by atoms with Gasteiger partial charge in [0.05, 0.1) is 12.7 Å². The van der Waals surface area contributed by atoms with E-state index in [2.05, 4.69) is 10.6 Å². The highest BCUT2D eigenvalue weighted by atomic mass is 16.5. The van der Waals surface area contributed by atoms with Crippen LogP contribution in [0.3, 0.4) is 0 Å². The number of hydrogen-bond acceptors (Lipinski definition) is 9. The van der Waals surface area contributed by atoms with Gasteiger partial charge in [0.15, 0.2) is 0 Å². The summed E-state index contributed by atoms with van der Waals surface area (Å²) < 4.78 is 5.20. The maximum Gasteiger partial charge on any atom is 0.407 e. The van der Waals surface area contributed by atoms with Crippen LogP contribution in [0.4, 0.5) is 4.79 Å². The first-order valence-corrected chi connectivity index (χ1v) is 14.2. The Morgan fingerprint density at radius 1 is 1.12 bits per heavy atom. The van der Waals surface area contributed by atoms with Crippen LogP contribution in [0.2, 0.25) is 0 Å². The van der Waals surface area contributed by atoms with Crippen molar-refractivity contribution in [2.45, 2.75) is 81.9 Å². The Balaban J connectivity index is 1.45. The number of amides is 3. The molecule has 12 nitrogen and oxygen atoms in total. The minimum absolute atomic E-state index is 0.0775. The van der Waals surface area contributed by atoms with Gasteiger partial charge in [-0.3, -0.25) is 9.59 Å². The largest absolute Gasteiger partial charge is 0.445 e. The first-order valence-electron chi connectivity index (χ1n) is 14.2. The number of hydrogen-bond donors (Lipinski definition) is 6. The van der Waals surface area contributed by atoms with Crippen molar-refractivity contribution in [2.24, 2.45) is 0 Å². The number of benzene rings is 1. The summed E-state index contributed by atoms with van der Waals surface area (Å²) in [6.45, 7) is 3.29. The fraction of sp³-hybridized carbons (Fsp3) is 0.679. The number of unbranched alkanes of at least 4 members (excludes halogenated alkanes) is 1. The van der Waals surface area contributed by atoms with E-state index in [4.69, 9.17) is 9.84 Å². The van der Waals surface area contributed by atoms with Gasteiger partial charge in [-0.05, 0) is 44.1 Å². The van der Waals surface area contributed by atoms with Crippen molar-refractivity contribution in [3.63, 3.8) is 0 Å². The predicted molar refractivity (Wildman–Crippen MR) is 146 cm³/mol. The SMILES string of the molecule is CCCN1C(=O)[C@H](CCCCNC(=O)OCc2ccccc2)NC(=O)C12CCN(C[C@H](O)[C@H](O)[C@H](O)CO)CC2. The Kier molecular flexibility index (Phi) is 12.1. The minimum atomic E-state index is -1.48. The molecular weight excluding hydrogens is 520 g/mol. The first-order chi connectivity index (χ1) is 19.2. The highest BCUT2D eigenvalue weighted by Crippen LogP contribution is 2.34. The summed E-state index contributed by atoms with van der Waals surface area (Å²) in [5, 5.41) is 44.4. The van der Waals surface area contributed by atoms with E-state index in [-0.39, 0.29) is 25.0 Å². The van der Waals surface area contributed by atoms with Gasteiger partial charge in [0.1, 0.15) is 30.4 Å². The van der Waals surface area contributed by atoms with E-state index in [1.165, 1.54) is 0 Å². The molecule has 0 saturated carbocycles. The molecule has 3 amide bonds. The van der Waals surface area contributed by atoms with Crippen LogP contribution in [0.1, 0.15) is 51.0 Å². The normalized spacial score (nSPS) is 21.5. The maximum absolute atomic E-state index is 13.5. The third-order valence-electron chi connectivity index (χ3n) is 7.76. The summed E-state index contributed by atoms with van der Waals surface area (Å²) in [5.74, 6) is -0.282. The molecule has 0 aromatic heterocycles. The Hall–Kier alpha value is -2.77. The van der Waals surface area contributed by atoms with Gasteiger partial charge in [0.2, 0.25) is 11.8 Å². The molecule has 2 heterocycles. The Labute approximate surface area is 235 Å². The third kappa shape index (κ3) is 8.14. The number of piperidine rings is 1. The Morgan fingerprint density at radius 3 is 2.48 bits per heavy atom. The van der Waals surface area contributed by atoms with E-state index in [0.717, 1.165) is 5.56 Å². The number of β-amino-alcohol motifs (C(OH)–C–C–N with tert-alkyl or cyclic N) is 1. The minimum Gasteiger partial charge on any atom is -0.445 e. The topological polar surface area (TPSA) is 172 Å². The van der Waals surface area contributed by atoms with Crippen LogP contribution in [0.25, 0.3) is 0 Å². The molecular formula is C28H44N4O8. The fourth-order valence-electron chi connectivity index (χ4n) is 5.40. The van der Waals surface area contributed by atoms with Gasteiger partial charge >= 0.3 is 6.09 Å². The van der Waals surface area contributed by atoms with E-state index in [0.29, 0.717) is 64.7 Å². The Bertz CT molecular complexity index is 957. The van der Waals surface area contributed by atoms with Crippen LogP contribution in [-0.2, 0) is 20.9 Å². The molecule has 3 rings (SSSR count). The summed E-state index contributed by atoms with van der Waals surface area (Å²) >= 11 is 0. The highest BCUT2D eigenvalue weighted by molar-refractivity contribution is 6.00. The zero-order chi connectivity index (χ0) is 29.1. The lowest BCUT2D eigenvalue weighted by atomic mass is 9.81. The zero-order valence-electron chi connectivity index (χ0n) is 23.2. The number of nitrogens with one attached hydrogen (secondary N) is 2. The van der Waals surface area contributed by atoms with Crippen molar-refractivity contribution in [1.82, 2.24) is 20.4 Å². The molecule has 40 heavy (non-hydrogen) atoms. The first kappa shape index (κ1) is 31.8. The second-order valence-electron chi connectivity index (χ2n) is 10.6. The molecule has 12 heteroatoms. The molecule has 2 saturated heterocycles. The lowest BCUT2D eigenvalue weighted by molar-refractivity contribution is -0.162. The quantitative estimate of drug-likeness (QED) is 0.166. The van der Waals surface area contributed by atoms with Crippen LogP contribution in [0.5, 0.6) is 0 Å². The van der Waals surface area contributed by atoms with Gasteiger partial charge in [-0.1, -0.05) is 37.3 Å². The standard InChI is InChI=1S/C28H44N4O8/c1-2-14-32-25(37)21(10-6-7-13-29-27(39)40-19-20-8-4-3-5-9-20)30-26(38)28(32)11-15-31(16-12-28)17-22(34)24(36)23(35)18-33/h3-5,8-9,21-24,33-36H,2,6-7,10-19H2,1H3,(H,29,39)(H,30,38)/t21-,22-,23+,24-/m0/s1. The van der Waals surface area contributed by atoms with Crippen molar-refractivity contribution >= 4 is 17.9 Å².